The number of ether oxygens (including phenoxy) is 2. The van der Waals surface area contributed by atoms with E-state index in [-0.39, 0.29) is 0 Å². The van der Waals surface area contributed by atoms with Crippen LogP contribution in [0.2, 0.25) is 5.02 Å². The normalized spacial score (nSPS) is 17.5. The monoisotopic (exact) mass is 283 g/mol. The number of rotatable bonds is 5. The highest BCUT2D eigenvalue weighted by atomic mass is 35.5. The molecule has 0 aliphatic heterocycles. The first-order chi connectivity index (χ1) is 9.22. The average molecular weight is 284 g/mol. The summed E-state index contributed by atoms with van der Waals surface area (Å²) in [5.41, 5.74) is 1.13. The van der Waals surface area contributed by atoms with Crippen molar-refractivity contribution in [1.82, 2.24) is 5.32 Å². The zero-order valence-corrected chi connectivity index (χ0v) is 12.6. The van der Waals surface area contributed by atoms with E-state index in [2.05, 4.69) is 11.4 Å². The second-order valence-electron chi connectivity index (χ2n) is 5.02. The third-order valence-corrected chi connectivity index (χ3v) is 4.39. The molecule has 1 saturated carbocycles. The van der Waals surface area contributed by atoms with Crippen LogP contribution in [0.15, 0.2) is 12.1 Å². The van der Waals surface area contributed by atoms with Crippen LogP contribution in [-0.2, 0) is 0 Å². The molecule has 0 aromatic heterocycles. The lowest BCUT2D eigenvalue weighted by Gasteiger charge is -2.26. The first kappa shape index (κ1) is 14.5. The minimum atomic E-state index is 0.292. The fourth-order valence-corrected chi connectivity index (χ4v) is 3.43. The standard InChI is InChI=1S/C15H22ClNO2/c1-17-14(10-6-4-5-7-10)11-8-9-12(18-2)13(16)15(11)19-3/h8-10,14,17H,4-7H2,1-3H3. The summed E-state index contributed by atoms with van der Waals surface area (Å²) in [5, 5.41) is 3.98. The first-order valence-electron chi connectivity index (χ1n) is 6.80. The Balaban J connectivity index is 2.39. The van der Waals surface area contributed by atoms with Crippen molar-refractivity contribution in [2.75, 3.05) is 21.3 Å². The molecule has 19 heavy (non-hydrogen) atoms. The molecule has 106 valence electrons. The highest BCUT2D eigenvalue weighted by Gasteiger charge is 2.28. The molecule has 0 heterocycles. The van der Waals surface area contributed by atoms with E-state index in [1.807, 2.05) is 13.1 Å². The maximum absolute atomic E-state index is 6.34. The Morgan fingerprint density at radius 1 is 1.21 bits per heavy atom. The molecular weight excluding hydrogens is 262 g/mol. The lowest BCUT2D eigenvalue weighted by Crippen LogP contribution is -2.24. The Morgan fingerprint density at radius 2 is 1.89 bits per heavy atom. The Morgan fingerprint density at radius 3 is 2.42 bits per heavy atom. The van der Waals surface area contributed by atoms with Gasteiger partial charge in [0.25, 0.3) is 0 Å². The molecule has 0 bridgehead atoms. The van der Waals surface area contributed by atoms with Crippen LogP contribution in [0.3, 0.4) is 0 Å². The summed E-state index contributed by atoms with van der Waals surface area (Å²) in [4.78, 5) is 0. The molecule has 1 unspecified atom stereocenters. The van der Waals surface area contributed by atoms with Crippen LogP contribution in [0, 0.1) is 5.92 Å². The molecule has 0 spiro atoms. The molecule has 1 N–H and O–H groups in total. The van der Waals surface area contributed by atoms with Gasteiger partial charge < -0.3 is 14.8 Å². The quantitative estimate of drug-likeness (QED) is 0.891. The third kappa shape index (κ3) is 2.82. The molecule has 1 aromatic carbocycles. The average Bonchev–Trinajstić information content (AvgIpc) is 2.94. The molecule has 1 aromatic rings. The van der Waals surface area contributed by atoms with Gasteiger partial charge in [-0.15, -0.1) is 0 Å². The van der Waals surface area contributed by atoms with Crippen LogP contribution in [0.4, 0.5) is 0 Å². The van der Waals surface area contributed by atoms with Crippen LogP contribution in [-0.4, -0.2) is 21.3 Å². The predicted molar refractivity (Wildman–Crippen MR) is 78.3 cm³/mol. The highest BCUT2D eigenvalue weighted by molar-refractivity contribution is 6.33. The SMILES string of the molecule is CNC(c1ccc(OC)c(Cl)c1OC)C1CCCC1. The summed E-state index contributed by atoms with van der Waals surface area (Å²) >= 11 is 6.34. The molecule has 0 radical (unpaired) electrons. The Bertz CT molecular complexity index is 430. The number of nitrogens with one attached hydrogen (secondary N) is 1. The van der Waals surface area contributed by atoms with E-state index in [4.69, 9.17) is 21.1 Å². The van der Waals surface area contributed by atoms with Gasteiger partial charge in [-0.2, -0.15) is 0 Å². The van der Waals surface area contributed by atoms with Gasteiger partial charge in [0, 0.05) is 11.6 Å². The molecule has 0 amide bonds. The van der Waals surface area contributed by atoms with Gasteiger partial charge in [0.15, 0.2) is 0 Å². The number of methoxy groups -OCH3 is 2. The lowest BCUT2D eigenvalue weighted by molar-refractivity contribution is 0.355. The molecule has 0 saturated heterocycles. The minimum absolute atomic E-state index is 0.292. The Kier molecular flexibility index (Phi) is 4.94. The van der Waals surface area contributed by atoms with Crippen LogP contribution in [0.1, 0.15) is 37.3 Å². The van der Waals surface area contributed by atoms with Gasteiger partial charge in [-0.05, 0) is 37.9 Å². The number of benzene rings is 1. The number of halogens is 1. The van der Waals surface area contributed by atoms with Crippen molar-refractivity contribution in [1.29, 1.82) is 0 Å². The predicted octanol–water partition coefficient (Wildman–Crippen LogP) is 3.81. The Labute approximate surface area is 120 Å². The molecule has 2 rings (SSSR count). The van der Waals surface area contributed by atoms with Crippen molar-refractivity contribution in [3.63, 3.8) is 0 Å². The van der Waals surface area contributed by atoms with E-state index in [0.29, 0.717) is 22.7 Å². The molecule has 1 fully saturated rings. The molecule has 1 aliphatic rings. The van der Waals surface area contributed by atoms with E-state index >= 15 is 0 Å². The van der Waals surface area contributed by atoms with Gasteiger partial charge in [-0.3, -0.25) is 0 Å². The molecule has 1 aliphatic carbocycles. The van der Waals surface area contributed by atoms with Crippen molar-refractivity contribution in [3.8, 4) is 11.5 Å². The summed E-state index contributed by atoms with van der Waals surface area (Å²) < 4.78 is 10.8. The topological polar surface area (TPSA) is 30.5 Å². The number of hydrogen-bond acceptors (Lipinski definition) is 3. The van der Waals surface area contributed by atoms with Gasteiger partial charge in [-0.25, -0.2) is 0 Å². The van der Waals surface area contributed by atoms with E-state index in [1.165, 1.54) is 25.7 Å². The zero-order valence-electron chi connectivity index (χ0n) is 11.8. The highest BCUT2D eigenvalue weighted by Crippen LogP contribution is 2.44. The van der Waals surface area contributed by atoms with Gasteiger partial charge >= 0.3 is 0 Å². The Hall–Kier alpha value is -0.930. The summed E-state index contributed by atoms with van der Waals surface area (Å²) in [5.74, 6) is 2.04. The van der Waals surface area contributed by atoms with Crippen LogP contribution >= 0.6 is 11.6 Å². The van der Waals surface area contributed by atoms with Gasteiger partial charge in [0.05, 0.1) is 14.2 Å². The van der Waals surface area contributed by atoms with Crippen molar-refractivity contribution in [3.05, 3.63) is 22.7 Å². The second-order valence-corrected chi connectivity index (χ2v) is 5.39. The summed E-state index contributed by atoms with van der Waals surface area (Å²) in [6.07, 6.45) is 5.15. The van der Waals surface area contributed by atoms with Crippen molar-refractivity contribution >= 4 is 11.6 Å². The third-order valence-electron chi connectivity index (χ3n) is 4.03. The van der Waals surface area contributed by atoms with E-state index in [0.717, 1.165) is 11.3 Å². The maximum Gasteiger partial charge on any atom is 0.146 e. The second kappa shape index (κ2) is 6.49. The molecular formula is C15H22ClNO2. The van der Waals surface area contributed by atoms with Crippen LogP contribution in [0.5, 0.6) is 11.5 Å². The maximum atomic E-state index is 6.34. The summed E-state index contributed by atoms with van der Waals surface area (Å²) in [7, 11) is 5.28. The van der Waals surface area contributed by atoms with E-state index in [1.54, 1.807) is 14.2 Å². The molecule has 4 heteroatoms. The van der Waals surface area contributed by atoms with Crippen molar-refractivity contribution in [2.24, 2.45) is 5.92 Å². The van der Waals surface area contributed by atoms with Gasteiger partial charge in [-0.1, -0.05) is 24.4 Å². The largest absolute Gasteiger partial charge is 0.495 e. The molecule has 1 atom stereocenters. The smallest absolute Gasteiger partial charge is 0.146 e. The van der Waals surface area contributed by atoms with Gasteiger partial charge in [0.1, 0.15) is 16.5 Å². The van der Waals surface area contributed by atoms with Crippen LogP contribution in [0.25, 0.3) is 0 Å². The van der Waals surface area contributed by atoms with Crippen molar-refractivity contribution in [2.45, 2.75) is 31.7 Å². The van der Waals surface area contributed by atoms with Gasteiger partial charge in [0.2, 0.25) is 0 Å². The van der Waals surface area contributed by atoms with Crippen LogP contribution < -0.4 is 14.8 Å². The summed E-state index contributed by atoms with van der Waals surface area (Å²) in [6.45, 7) is 0. The fraction of sp³-hybridized carbons (Fsp3) is 0.600. The summed E-state index contributed by atoms with van der Waals surface area (Å²) in [6, 6.07) is 4.27. The van der Waals surface area contributed by atoms with Crippen molar-refractivity contribution < 1.29 is 9.47 Å². The fourth-order valence-electron chi connectivity index (χ4n) is 3.10. The van der Waals surface area contributed by atoms with E-state index in [9.17, 15) is 0 Å². The van der Waals surface area contributed by atoms with E-state index < -0.39 is 0 Å². The zero-order chi connectivity index (χ0) is 13.8. The minimum Gasteiger partial charge on any atom is -0.495 e. The lowest BCUT2D eigenvalue weighted by atomic mass is 9.91. The first-order valence-corrected chi connectivity index (χ1v) is 7.18. The number of hydrogen-bond donors (Lipinski definition) is 1. The molecule has 3 nitrogen and oxygen atoms in total.